The highest BCUT2D eigenvalue weighted by atomic mass is 19.1. The molecule has 0 aliphatic rings. The fourth-order valence-electron chi connectivity index (χ4n) is 2.80. The van der Waals surface area contributed by atoms with Crippen LogP contribution >= 0.6 is 0 Å². The standard InChI is InChI=1S/C21H25FN2O2/c1-14(25)16-6-5-7-18(12-16)24-19(26)13-23-20(21(2,3)4)15-8-10-17(22)11-9-15/h5-12,20,23H,13H2,1-4H3,(H,24,26). The number of nitrogens with one attached hydrogen (secondary N) is 2. The number of ketones is 1. The van der Waals surface area contributed by atoms with Crippen molar-refractivity contribution < 1.29 is 14.0 Å². The molecule has 0 saturated carbocycles. The molecule has 0 heterocycles. The van der Waals surface area contributed by atoms with Gasteiger partial charge in [0.1, 0.15) is 5.82 Å². The van der Waals surface area contributed by atoms with E-state index in [9.17, 15) is 14.0 Å². The molecule has 0 spiro atoms. The number of hydrogen-bond acceptors (Lipinski definition) is 3. The summed E-state index contributed by atoms with van der Waals surface area (Å²) >= 11 is 0. The Balaban J connectivity index is 2.04. The van der Waals surface area contributed by atoms with E-state index < -0.39 is 0 Å². The number of halogens is 1. The Kier molecular flexibility index (Phi) is 6.27. The van der Waals surface area contributed by atoms with Gasteiger partial charge >= 0.3 is 0 Å². The van der Waals surface area contributed by atoms with Gasteiger partial charge in [-0.05, 0) is 42.2 Å². The van der Waals surface area contributed by atoms with Gasteiger partial charge in [0.2, 0.25) is 5.91 Å². The molecular weight excluding hydrogens is 331 g/mol. The maximum Gasteiger partial charge on any atom is 0.238 e. The molecule has 2 aromatic rings. The zero-order valence-electron chi connectivity index (χ0n) is 15.6. The van der Waals surface area contributed by atoms with E-state index in [4.69, 9.17) is 0 Å². The second-order valence-corrected chi connectivity index (χ2v) is 7.42. The van der Waals surface area contributed by atoms with Gasteiger partial charge in [-0.1, -0.05) is 45.0 Å². The van der Waals surface area contributed by atoms with Gasteiger partial charge < -0.3 is 10.6 Å². The Morgan fingerprint density at radius 1 is 1.08 bits per heavy atom. The van der Waals surface area contributed by atoms with Crippen LogP contribution in [0, 0.1) is 11.2 Å². The minimum absolute atomic E-state index is 0.0525. The van der Waals surface area contributed by atoms with Gasteiger partial charge in [-0.15, -0.1) is 0 Å². The van der Waals surface area contributed by atoms with Crippen molar-refractivity contribution in [3.05, 3.63) is 65.5 Å². The van der Waals surface area contributed by atoms with E-state index in [0.717, 1.165) is 5.56 Å². The summed E-state index contributed by atoms with van der Waals surface area (Å²) in [4.78, 5) is 23.7. The van der Waals surface area contributed by atoms with E-state index >= 15 is 0 Å². The van der Waals surface area contributed by atoms with Gasteiger partial charge in [-0.2, -0.15) is 0 Å². The van der Waals surface area contributed by atoms with E-state index in [1.807, 2.05) is 0 Å². The van der Waals surface area contributed by atoms with Crippen molar-refractivity contribution in [1.29, 1.82) is 0 Å². The average molecular weight is 356 g/mol. The summed E-state index contributed by atoms with van der Waals surface area (Å²) in [5.41, 5.74) is 1.89. The van der Waals surface area contributed by atoms with Crippen LogP contribution in [0.4, 0.5) is 10.1 Å². The molecule has 0 fully saturated rings. The molecule has 138 valence electrons. The molecule has 0 radical (unpaired) electrons. The largest absolute Gasteiger partial charge is 0.325 e. The Bertz CT molecular complexity index is 779. The van der Waals surface area contributed by atoms with Crippen LogP contribution in [0.15, 0.2) is 48.5 Å². The summed E-state index contributed by atoms with van der Waals surface area (Å²) < 4.78 is 13.2. The Morgan fingerprint density at radius 2 is 1.73 bits per heavy atom. The quantitative estimate of drug-likeness (QED) is 0.757. The van der Waals surface area contributed by atoms with Crippen molar-refractivity contribution in [2.45, 2.75) is 33.7 Å². The second kappa shape index (κ2) is 8.23. The van der Waals surface area contributed by atoms with E-state index in [2.05, 4.69) is 31.4 Å². The number of hydrogen-bond donors (Lipinski definition) is 2. The second-order valence-electron chi connectivity index (χ2n) is 7.42. The number of carbonyl (C=O) groups excluding carboxylic acids is 2. The van der Waals surface area contributed by atoms with E-state index in [1.54, 1.807) is 36.4 Å². The lowest BCUT2D eigenvalue weighted by Gasteiger charge is -2.32. The predicted octanol–water partition coefficient (Wildman–Crippen LogP) is 4.34. The number of carbonyl (C=O) groups is 2. The molecule has 0 aliphatic heterocycles. The van der Waals surface area contributed by atoms with Crippen LogP contribution in [0.3, 0.4) is 0 Å². The maximum atomic E-state index is 13.2. The molecule has 0 saturated heterocycles. The maximum absolute atomic E-state index is 13.2. The third kappa shape index (κ3) is 5.49. The molecule has 5 heteroatoms. The van der Waals surface area contributed by atoms with E-state index in [-0.39, 0.29) is 35.5 Å². The van der Waals surface area contributed by atoms with Crippen LogP contribution in [0.1, 0.15) is 49.7 Å². The van der Waals surface area contributed by atoms with Gasteiger partial charge in [0.05, 0.1) is 6.54 Å². The summed E-state index contributed by atoms with van der Waals surface area (Å²) in [6, 6.07) is 13.0. The van der Waals surface area contributed by atoms with Crippen LogP contribution in [0.2, 0.25) is 0 Å². The SMILES string of the molecule is CC(=O)c1cccc(NC(=O)CNC(c2ccc(F)cc2)C(C)(C)C)c1. The van der Waals surface area contributed by atoms with Crippen molar-refractivity contribution in [2.24, 2.45) is 5.41 Å². The minimum atomic E-state index is -0.287. The average Bonchev–Trinajstić information content (AvgIpc) is 2.55. The fraction of sp³-hybridized carbons (Fsp3) is 0.333. The molecular formula is C21H25FN2O2. The molecule has 4 nitrogen and oxygen atoms in total. The summed E-state index contributed by atoms with van der Waals surface area (Å²) in [6.07, 6.45) is 0. The number of rotatable bonds is 6. The molecule has 2 N–H and O–H groups in total. The van der Waals surface area contributed by atoms with Crippen LogP contribution in [-0.4, -0.2) is 18.2 Å². The highest BCUT2D eigenvalue weighted by molar-refractivity contribution is 5.97. The first-order valence-electron chi connectivity index (χ1n) is 8.56. The summed E-state index contributed by atoms with van der Waals surface area (Å²) in [5, 5.41) is 6.04. The first-order valence-corrected chi connectivity index (χ1v) is 8.56. The van der Waals surface area contributed by atoms with E-state index in [1.165, 1.54) is 19.1 Å². The topological polar surface area (TPSA) is 58.2 Å². The number of amides is 1. The third-order valence-corrected chi connectivity index (χ3v) is 4.09. The van der Waals surface area contributed by atoms with Crippen LogP contribution in [0.25, 0.3) is 0 Å². The molecule has 0 aliphatic carbocycles. The van der Waals surface area contributed by atoms with Crippen molar-refractivity contribution in [2.75, 3.05) is 11.9 Å². The third-order valence-electron chi connectivity index (χ3n) is 4.09. The molecule has 1 amide bonds. The molecule has 2 aromatic carbocycles. The molecule has 0 aromatic heterocycles. The molecule has 0 bridgehead atoms. The van der Waals surface area contributed by atoms with Crippen molar-refractivity contribution in [1.82, 2.24) is 5.32 Å². The minimum Gasteiger partial charge on any atom is -0.325 e. The Hall–Kier alpha value is -2.53. The molecule has 26 heavy (non-hydrogen) atoms. The van der Waals surface area contributed by atoms with Gasteiger partial charge in [0.15, 0.2) is 5.78 Å². The normalized spacial score (nSPS) is 12.5. The molecule has 1 atom stereocenters. The van der Waals surface area contributed by atoms with Crippen LogP contribution < -0.4 is 10.6 Å². The highest BCUT2D eigenvalue weighted by Crippen LogP contribution is 2.32. The highest BCUT2D eigenvalue weighted by Gasteiger charge is 2.26. The molecule has 2 rings (SSSR count). The molecule has 1 unspecified atom stereocenters. The summed E-state index contributed by atoms with van der Waals surface area (Å²) in [6.45, 7) is 7.76. The summed E-state index contributed by atoms with van der Waals surface area (Å²) in [7, 11) is 0. The lowest BCUT2D eigenvalue weighted by molar-refractivity contribution is -0.115. The number of Topliss-reactive ketones (excluding diaryl/α,β-unsaturated/α-hetero) is 1. The van der Waals surface area contributed by atoms with Crippen LogP contribution in [-0.2, 0) is 4.79 Å². The fourth-order valence-corrected chi connectivity index (χ4v) is 2.80. The smallest absolute Gasteiger partial charge is 0.238 e. The van der Waals surface area contributed by atoms with Gasteiger partial charge in [-0.25, -0.2) is 4.39 Å². The Morgan fingerprint density at radius 3 is 2.31 bits per heavy atom. The van der Waals surface area contributed by atoms with Gasteiger partial charge in [0, 0.05) is 17.3 Å². The Labute approximate surface area is 153 Å². The van der Waals surface area contributed by atoms with Crippen molar-refractivity contribution >= 4 is 17.4 Å². The summed E-state index contributed by atoms with van der Waals surface area (Å²) in [5.74, 6) is -0.546. The zero-order valence-corrected chi connectivity index (χ0v) is 15.6. The van der Waals surface area contributed by atoms with Crippen molar-refractivity contribution in [3.63, 3.8) is 0 Å². The van der Waals surface area contributed by atoms with Gasteiger partial charge in [-0.3, -0.25) is 9.59 Å². The first kappa shape index (κ1) is 19.8. The predicted molar refractivity (Wildman–Crippen MR) is 102 cm³/mol. The lowest BCUT2D eigenvalue weighted by atomic mass is 9.82. The van der Waals surface area contributed by atoms with Gasteiger partial charge in [0.25, 0.3) is 0 Å². The number of benzene rings is 2. The lowest BCUT2D eigenvalue weighted by Crippen LogP contribution is -2.37. The number of anilines is 1. The van der Waals surface area contributed by atoms with Crippen LogP contribution in [0.5, 0.6) is 0 Å². The van der Waals surface area contributed by atoms with E-state index in [0.29, 0.717) is 11.3 Å². The zero-order chi connectivity index (χ0) is 19.3. The van der Waals surface area contributed by atoms with Crippen molar-refractivity contribution in [3.8, 4) is 0 Å². The first-order chi connectivity index (χ1) is 12.2. The monoisotopic (exact) mass is 356 g/mol.